The maximum atomic E-state index is 13.4. The van der Waals surface area contributed by atoms with Crippen LogP contribution in [-0.4, -0.2) is 67.0 Å². The van der Waals surface area contributed by atoms with Crippen LogP contribution in [-0.2, 0) is 27.5 Å². The van der Waals surface area contributed by atoms with Gasteiger partial charge in [-0.25, -0.2) is 5.01 Å². The Morgan fingerprint density at radius 3 is 2.28 bits per heavy atom. The third-order valence-corrected chi connectivity index (χ3v) is 6.14. The number of fused-ring (bicyclic) bond motifs is 1. The van der Waals surface area contributed by atoms with Gasteiger partial charge >= 0.3 is 0 Å². The summed E-state index contributed by atoms with van der Waals surface area (Å²) in [5, 5.41) is 12.6. The number of rotatable bonds is 11. The Bertz CT molecular complexity index is 1060. The van der Waals surface area contributed by atoms with Crippen molar-refractivity contribution in [1.82, 2.24) is 20.7 Å². The van der Waals surface area contributed by atoms with Gasteiger partial charge in [-0.2, -0.15) is 0 Å². The Morgan fingerprint density at radius 2 is 1.67 bits per heavy atom. The van der Waals surface area contributed by atoms with E-state index >= 15 is 0 Å². The van der Waals surface area contributed by atoms with Crippen LogP contribution in [0.5, 0.6) is 0 Å². The first-order valence-electron chi connectivity index (χ1n) is 12.4. The maximum Gasteiger partial charge on any atom is 0.256 e. The second-order valence-corrected chi connectivity index (χ2v) is 9.51. The number of hydrogen-bond acceptors (Lipinski definition) is 6. The molecule has 0 aromatic heterocycles. The van der Waals surface area contributed by atoms with E-state index in [9.17, 15) is 14.4 Å². The highest BCUT2D eigenvalue weighted by Crippen LogP contribution is 2.26. The molecule has 0 saturated carbocycles. The van der Waals surface area contributed by atoms with Crippen molar-refractivity contribution in [2.75, 3.05) is 43.4 Å². The number of nitrogens with one attached hydrogen (secondary N) is 3. The first kappa shape index (κ1) is 27.2. The second kappa shape index (κ2) is 12.5. The van der Waals surface area contributed by atoms with Gasteiger partial charge in [-0.15, -0.1) is 0 Å². The second-order valence-electron chi connectivity index (χ2n) is 9.51. The zero-order valence-electron chi connectivity index (χ0n) is 21.9. The topological polar surface area (TPSA) is 97.0 Å². The Kier molecular flexibility index (Phi) is 9.44. The van der Waals surface area contributed by atoms with E-state index < -0.39 is 0 Å². The fourth-order valence-corrected chi connectivity index (χ4v) is 4.20. The minimum absolute atomic E-state index is 0.0192. The van der Waals surface area contributed by atoms with E-state index in [0.717, 1.165) is 11.3 Å². The minimum Gasteiger partial charge on any atom is -0.353 e. The lowest BCUT2D eigenvalue weighted by Crippen LogP contribution is -2.48. The summed E-state index contributed by atoms with van der Waals surface area (Å²) in [6.45, 7) is 10.0. The molecule has 0 fully saturated rings. The van der Waals surface area contributed by atoms with Gasteiger partial charge in [-0.1, -0.05) is 44.2 Å². The van der Waals surface area contributed by atoms with Crippen LogP contribution in [0.1, 0.15) is 37.5 Å². The van der Waals surface area contributed by atoms with Gasteiger partial charge in [0.1, 0.15) is 0 Å². The molecule has 194 valence electrons. The normalized spacial score (nSPS) is 12.8. The molecule has 1 aliphatic heterocycles. The van der Waals surface area contributed by atoms with Gasteiger partial charge in [-0.05, 0) is 35.7 Å². The minimum atomic E-state index is -0.184. The van der Waals surface area contributed by atoms with Crippen molar-refractivity contribution in [3.63, 3.8) is 0 Å². The third-order valence-electron chi connectivity index (χ3n) is 6.14. The number of carbonyl (C=O) groups is 3. The Morgan fingerprint density at radius 1 is 1.00 bits per heavy atom. The zero-order valence-corrected chi connectivity index (χ0v) is 21.9. The van der Waals surface area contributed by atoms with Crippen molar-refractivity contribution in [2.24, 2.45) is 0 Å². The zero-order chi connectivity index (χ0) is 26.2. The van der Waals surface area contributed by atoms with Gasteiger partial charge in [0, 0.05) is 57.6 Å². The van der Waals surface area contributed by atoms with Gasteiger partial charge in [0.05, 0.1) is 13.1 Å². The van der Waals surface area contributed by atoms with Crippen LogP contribution in [0.4, 0.5) is 11.4 Å². The van der Waals surface area contributed by atoms with E-state index in [0.29, 0.717) is 37.9 Å². The Labute approximate surface area is 213 Å². The summed E-state index contributed by atoms with van der Waals surface area (Å²) < 4.78 is 0. The van der Waals surface area contributed by atoms with Crippen LogP contribution in [0.15, 0.2) is 42.5 Å². The average Bonchev–Trinajstić information content (AvgIpc) is 3.26. The molecule has 2 aromatic rings. The first-order chi connectivity index (χ1) is 17.1. The molecule has 0 bridgehead atoms. The van der Waals surface area contributed by atoms with E-state index in [2.05, 4.69) is 41.9 Å². The monoisotopic (exact) mass is 494 g/mol. The lowest BCUT2D eigenvalue weighted by molar-refractivity contribution is -0.145. The summed E-state index contributed by atoms with van der Waals surface area (Å²) in [5.41, 5.74) is 4.67. The van der Waals surface area contributed by atoms with E-state index in [1.54, 1.807) is 17.0 Å². The number of anilines is 2. The van der Waals surface area contributed by atoms with Crippen molar-refractivity contribution in [3.05, 3.63) is 59.2 Å². The predicted octanol–water partition coefficient (Wildman–Crippen LogP) is 2.26. The molecule has 9 heteroatoms. The molecule has 0 aliphatic carbocycles. The van der Waals surface area contributed by atoms with Crippen molar-refractivity contribution >= 4 is 29.1 Å². The van der Waals surface area contributed by atoms with Crippen molar-refractivity contribution < 1.29 is 14.4 Å². The summed E-state index contributed by atoms with van der Waals surface area (Å²) >= 11 is 0. The number of likely N-dealkylation sites (N-methyl/N-ethyl adjacent to an activating group) is 1. The highest BCUT2D eigenvalue weighted by molar-refractivity contribution is 5.91. The molecule has 2 aromatic carbocycles. The van der Waals surface area contributed by atoms with Crippen LogP contribution < -0.4 is 20.9 Å². The Hall–Kier alpha value is -3.43. The highest BCUT2D eigenvalue weighted by atomic mass is 16.2. The Balaban J connectivity index is 1.74. The summed E-state index contributed by atoms with van der Waals surface area (Å²) in [5.74, 6) is -0.480. The van der Waals surface area contributed by atoms with Crippen molar-refractivity contribution in [1.29, 1.82) is 0 Å². The van der Waals surface area contributed by atoms with Crippen molar-refractivity contribution in [2.45, 2.75) is 46.8 Å². The van der Waals surface area contributed by atoms with Crippen molar-refractivity contribution in [3.8, 4) is 0 Å². The van der Waals surface area contributed by atoms with Gasteiger partial charge < -0.3 is 20.9 Å². The molecule has 9 nitrogen and oxygen atoms in total. The summed E-state index contributed by atoms with van der Waals surface area (Å²) in [4.78, 5) is 39.6. The van der Waals surface area contributed by atoms with Crippen LogP contribution in [0.25, 0.3) is 0 Å². The molecule has 0 atom stereocenters. The molecular weight excluding hydrogens is 456 g/mol. The number of benzene rings is 2. The lowest BCUT2D eigenvalue weighted by Gasteiger charge is -2.32. The number of amides is 3. The van der Waals surface area contributed by atoms with Crippen LogP contribution in [0, 0.1) is 6.92 Å². The predicted molar refractivity (Wildman–Crippen MR) is 142 cm³/mol. The number of carbonyl (C=O) groups excluding carboxylic acids is 3. The molecule has 0 saturated heterocycles. The number of hydrogen-bond donors (Lipinski definition) is 3. The smallest absolute Gasteiger partial charge is 0.256 e. The molecule has 0 spiro atoms. The van der Waals surface area contributed by atoms with Gasteiger partial charge in [-0.3, -0.25) is 19.4 Å². The summed E-state index contributed by atoms with van der Waals surface area (Å²) in [7, 11) is 1.77. The molecular formula is C27H38N6O3. The van der Waals surface area contributed by atoms with Crippen LogP contribution >= 0.6 is 0 Å². The highest BCUT2D eigenvalue weighted by Gasteiger charge is 2.27. The fraction of sp³-hybridized carbons (Fsp3) is 0.444. The lowest BCUT2D eigenvalue weighted by atomic mass is 10.1. The fourth-order valence-electron chi connectivity index (χ4n) is 4.20. The standard InChI is InChI=1S/C27H38N6O3/c1-19(2)28-12-13-29-26(35)17-32(25-14-24(30-21(4)34)11-10-20(25)3)18-27(36)31(5)33-15-22-8-6-7-9-23(22)16-33/h6-11,14,19,28H,12-13,15-18H2,1-5H3,(H,29,35)(H,30,34). The molecule has 1 heterocycles. The van der Waals surface area contributed by atoms with Crippen LogP contribution in [0.2, 0.25) is 0 Å². The van der Waals surface area contributed by atoms with E-state index in [1.807, 2.05) is 42.3 Å². The molecule has 3 N–H and O–H groups in total. The number of nitrogens with zero attached hydrogens (tertiary/aromatic N) is 3. The summed E-state index contributed by atoms with van der Waals surface area (Å²) in [6, 6.07) is 14.0. The molecule has 36 heavy (non-hydrogen) atoms. The van der Waals surface area contributed by atoms with E-state index in [1.165, 1.54) is 18.1 Å². The third kappa shape index (κ3) is 7.53. The van der Waals surface area contributed by atoms with E-state index in [4.69, 9.17) is 0 Å². The SMILES string of the molecule is CC(=O)Nc1ccc(C)c(N(CC(=O)NCCNC(C)C)CC(=O)N(C)N2Cc3ccccc3C2)c1. The number of hydrazine groups is 1. The average molecular weight is 495 g/mol. The maximum absolute atomic E-state index is 13.4. The molecule has 1 aliphatic rings. The number of aryl methyl sites for hydroxylation is 1. The van der Waals surface area contributed by atoms with Crippen LogP contribution in [0.3, 0.4) is 0 Å². The van der Waals surface area contributed by atoms with Gasteiger partial charge in [0.25, 0.3) is 5.91 Å². The summed E-state index contributed by atoms with van der Waals surface area (Å²) in [6.07, 6.45) is 0. The van der Waals surface area contributed by atoms with Gasteiger partial charge in [0.2, 0.25) is 11.8 Å². The largest absolute Gasteiger partial charge is 0.353 e. The molecule has 3 amide bonds. The first-order valence-corrected chi connectivity index (χ1v) is 12.4. The van der Waals surface area contributed by atoms with Gasteiger partial charge in [0.15, 0.2) is 0 Å². The quantitative estimate of drug-likeness (QED) is 0.415. The molecule has 0 radical (unpaired) electrons. The molecule has 0 unspecified atom stereocenters. The van der Waals surface area contributed by atoms with E-state index in [-0.39, 0.29) is 30.8 Å². The molecule has 3 rings (SSSR count).